The highest BCUT2D eigenvalue weighted by molar-refractivity contribution is 5.94. The molecule has 25 heavy (non-hydrogen) atoms. The van der Waals surface area contributed by atoms with E-state index in [0.29, 0.717) is 24.6 Å². The van der Waals surface area contributed by atoms with Crippen LogP contribution in [0.5, 0.6) is 5.75 Å². The van der Waals surface area contributed by atoms with Crippen LogP contribution in [-0.4, -0.2) is 43.1 Å². The molecule has 1 fully saturated rings. The molecule has 1 aromatic carbocycles. The van der Waals surface area contributed by atoms with Gasteiger partial charge in [0.15, 0.2) is 0 Å². The van der Waals surface area contributed by atoms with Crippen molar-refractivity contribution in [2.75, 3.05) is 20.3 Å². The highest BCUT2D eigenvalue weighted by Gasteiger charge is 2.31. The maximum absolute atomic E-state index is 13.1. The lowest BCUT2D eigenvalue weighted by Gasteiger charge is -2.38. The summed E-state index contributed by atoms with van der Waals surface area (Å²) in [5.41, 5.74) is 0.627. The summed E-state index contributed by atoms with van der Waals surface area (Å²) in [6.45, 7) is 4.76. The minimum Gasteiger partial charge on any atom is -0.497 e. The van der Waals surface area contributed by atoms with Crippen LogP contribution in [-0.2, 0) is 9.53 Å². The van der Waals surface area contributed by atoms with Crippen molar-refractivity contribution in [2.24, 2.45) is 5.92 Å². The summed E-state index contributed by atoms with van der Waals surface area (Å²) in [6.07, 6.45) is 4.68. The van der Waals surface area contributed by atoms with Gasteiger partial charge in [-0.2, -0.15) is 0 Å². The maximum atomic E-state index is 13.1. The third-order valence-corrected chi connectivity index (χ3v) is 4.93. The first-order chi connectivity index (χ1) is 12.1. The minimum atomic E-state index is -0.251. The van der Waals surface area contributed by atoms with E-state index in [1.54, 1.807) is 38.3 Å². The molecule has 0 bridgehead atoms. The lowest BCUT2D eigenvalue weighted by molar-refractivity contribution is -0.143. The molecule has 1 aromatic rings. The van der Waals surface area contributed by atoms with Gasteiger partial charge in [-0.25, -0.2) is 0 Å². The zero-order chi connectivity index (χ0) is 18.2. The van der Waals surface area contributed by atoms with E-state index in [1.165, 1.54) is 6.42 Å². The van der Waals surface area contributed by atoms with Crippen molar-refractivity contribution in [2.45, 2.75) is 52.0 Å². The van der Waals surface area contributed by atoms with Crippen LogP contribution in [0.1, 0.15) is 56.3 Å². The van der Waals surface area contributed by atoms with Crippen LogP contribution < -0.4 is 4.74 Å². The van der Waals surface area contributed by atoms with Crippen molar-refractivity contribution in [1.29, 1.82) is 0 Å². The van der Waals surface area contributed by atoms with Gasteiger partial charge in [0, 0.05) is 18.2 Å². The Labute approximate surface area is 150 Å². The molecule has 0 aromatic heterocycles. The molecule has 2 rings (SSSR count). The summed E-state index contributed by atoms with van der Waals surface area (Å²) in [7, 11) is 1.60. The van der Waals surface area contributed by atoms with E-state index in [-0.39, 0.29) is 24.3 Å². The third-order valence-electron chi connectivity index (χ3n) is 4.93. The first kappa shape index (κ1) is 19.3. The monoisotopic (exact) mass is 347 g/mol. The van der Waals surface area contributed by atoms with E-state index in [1.807, 2.05) is 4.90 Å². The van der Waals surface area contributed by atoms with Crippen molar-refractivity contribution in [3.8, 4) is 5.75 Å². The Morgan fingerprint density at radius 3 is 2.44 bits per heavy atom. The van der Waals surface area contributed by atoms with Gasteiger partial charge in [-0.15, -0.1) is 0 Å². The van der Waals surface area contributed by atoms with Gasteiger partial charge in [-0.3, -0.25) is 9.59 Å². The Bertz CT molecular complexity index is 570. The second-order valence-corrected chi connectivity index (χ2v) is 6.61. The number of methoxy groups -OCH3 is 1. The van der Waals surface area contributed by atoms with Gasteiger partial charge in [0.1, 0.15) is 5.75 Å². The van der Waals surface area contributed by atoms with E-state index in [4.69, 9.17) is 9.47 Å². The normalized spacial score (nSPS) is 20.0. The Kier molecular flexibility index (Phi) is 7.29. The van der Waals surface area contributed by atoms with Crippen LogP contribution in [0.2, 0.25) is 0 Å². The van der Waals surface area contributed by atoms with Gasteiger partial charge in [0.25, 0.3) is 5.91 Å². The summed E-state index contributed by atoms with van der Waals surface area (Å²) in [5.74, 6) is 0.892. The molecular formula is C20H29NO4. The Hall–Kier alpha value is -2.04. The fourth-order valence-corrected chi connectivity index (χ4v) is 3.52. The Morgan fingerprint density at radius 2 is 1.84 bits per heavy atom. The number of amides is 1. The molecule has 138 valence electrons. The van der Waals surface area contributed by atoms with E-state index >= 15 is 0 Å². The van der Waals surface area contributed by atoms with Crippen LogP contribution in [0, 0.1) is 5.92 Å². The van der Waals surface area contributed by atoms with Crippen molar-refractivity contribution in [1.82, 2.24) is 4.90 Å². The number of benzene rings is 1. The average Bonchev–Trinajstić information content (AvgIpc) is 2.63. The number of carbonyl (C=O) groups excluding carboxylic acids is 2. The summed E-state index contributed by atoms with van der Waals surface area (Å²) in [6, 6.07) is 7.33. The molecule has 5 nitrogen and oxygen atoms in total. The molecule has 5 heteroatoms. The third kappa shape index (κ3) is 5.21. The molecule has 0 aliphatic heterocycles. The highest BCUT2D eigenvalue weighted by atomic mass is 16.5. The summed E-state index contributed by atoms with van der Waals surface area (Å²) >= 11 is 0. The Balaban J connectivity index is 2.16. The van der Waals surface area contributed by atoms with Gasteiger partial charge in [-0.1, -0.05) is 19.8 Å². The van der Waals surface area contributed by atoms with Crippen LogP contribution in [0.3, 0.4) is 0 Å². The van der Waals surface area contributed by atoms with Crippen molar-refractivity contribution in [3.63, 3.8) is 0 Å². The minimum absolute atomic E-state index is 0.0225. The smallest absolute Gasteiger partial charge is 0.307 e. The van der Waals surface area contributed by atoms with E-state index in [9.17, 15) is 9.59 Å². The number of rotatable bonds is 7. The topological polar surface area (TPSA) is 55.8 Å². The van der Waals surface area contributed by atoms with Gasteiger partial charge >= 0.3 is 5.97 Å². The first-order valence-electron chi connectivity index (χ1n) is 9.17. The van der Waals surface area contributed by atoms with Crippen LogP contribution in [0.25, 0.3) is 0 Å². The molecule has 0 N–H and O–H groups in total. The predicted octanol–water partition coefficient (Wildman–Crippen LogP) is 3.67. The number of hydrogen-bond donors (Lipinski definition) is 0. The molecule has 0 spiro atoms. The van der Waals surface area contributed by atoms with E-state index < -0.39 is 0 Å². The molecule has 1 saturated carbocycles. The summed E-state index contributed by atoms with van der Waals surface area (Å²) in [4.78, 5) is 26.7. The molecule has 2 unspecified atom stereocenters. The van der Waals surface area contributed by atoms with Crippen molar-refractivity contribution in [3.05, 3.63) is 29.8 Å². The SMILES string of the molecule is CCOC(=O)CCN(C(=O)c1ccc(OC)cc1)C1CCCCC1C. The predicted molar refractivity (Wildman–Crippen MR) is 96.7 cm³/mol. The fraction of sp³-hybridized carbons (Fsp3) is 0.600. The highest BCUT2D eigenvalue weighted by Crippen LogP contribution is 2.29. The second-order valence-electron chi connectivity index (χ2n) is 6.61. The molecule has 0 saturated heterocycles. The zero-order valence-corrected chi connectivity index (χ0v) is 15.5. The lowest BCUT2D eigenvalue weighted by Crippen LogP contribution is -2.46. The molecule has 2 atom stereocenters. The molecule has 0 heterocycles. The Morgan fingerprint density at radius 1 is 1.16 bits per heavy atom. The molecule has 1 aliphatic rings. The van der Waals surface area contributed by atoms with Gasteiger partial charge < -0.3 is 14.4 Å². The number of esters is 1. The van der Waals surface area contributed by atoms with Gasteiger partial charge in [0.05, 0.1) is 20.1 Å². The quantitative estimate of drug-likeness (QED) is 0.706. The van der Waals surface area contributed by atoms with Crippen molar-refractivity contribution < 1.29 is 19.1 Å². The lowest BCUT2D eigenvalue weighted by atomic mass is 9.84. The first-order valence-corrected chi connectivity index (χ1v) is 9.17. The largest absolute Gasteiger partial charge is 0.497 e. The van der Waals surface area contributed by atoms with Gasteiger partial charge in [-0.05, 0) is 49.9 Å². The van der Waals surface area contributed by atoms with Crippen LogP contribution in [0.4, 0.5) is 0 Å². The number of carbonyl (C=O) groups is 2. The number of ether oxygens (including phenoxy) is 2. The van der Waals surface area contributed by atoms with E-state index in [0.717, 1.165) is 25.0 Å². The maximum Gasteiger partial charge on any atom is 0.307 e. The molecular weight excluding hydrogens is 318 g/mol. The van der Waals surface area contributed by atoms with Crippen molar-refractivity contribution >= 4 is 11.9 Å². The van der Waals surface area contributed by atoms with Gasteiger partial charge in [0.2, 0.25) is 0 Å². The van der Waals surface area contributed by atoms with Crippen LogP contribution in [0.15, 0.2) is 24.3 Å². The molecule has 1 amide bonds. The standard InChI is InChI=1S/C20H29NO4/c1-4-25-19(22)13-14-21(18-8-6-5-7-15(18)2)20(23)16-9-11-17(24-3)12-10-16/h9-12,15,18H,4-8,13-14H2,1-3H3. The number of nitrogens with zero attached hydrogens (tertiary/aromatic N) is 1. The molecule has 1 aliphatic carbocycles. The fourth-order valence-electron chi connectivity index (χ4n) is 3.52. The van der Waals surface area contributed by atoms with Crippen LogP contribution >= 0.6 is 0 Å². The zero-order valence-electron chi connectivity index (χ0n) is 15.5. The van der Waals surface area contributed by atoms with E-state index in [2.05, 4.69) is 6.92 Å². The summed E-state index contributed by atoms with van der Waals surface area (Å²) in [5, 5.41) is 0. The molecule has 0 radical (unpaired) electrons. The second kappa shape index (κ2) is 9.44. The summed E-state index contributed by atoms with van der Waals surface area (Å²) < 4.78 is 10.2. The number of hydrogen-bond acceptors (Lipinski definition) is 4. The average molecular weight is 347 g/mol.